The fourth-order valence-electron chi connectivity index (χ4n) is 4.40. The fraction of sp³-hybridized carbons (Fsp3) is 0.241. The van der Waals surface area contributed by atoms with Crippen molar-refractivity contribution in [2.24, 2.45) is 0 Å². The Morgan fingerprint density at radius 1 is 0.735 bits per heavy atom. The molecule has 0 atom stereocenters. The van der Waals surface area contributed by atoms with E-state index in [1.807, 2.05) is 98.6 Å². The van der Waals surface area contributed by atoms with Gasteiger partial charge in [-0.15, -0.1) is 0 Å². The molecule has 5 nitrogen and oxygen atoms in total. The summed E-state index contributed by atoms with van der Waals surface area (Å²) < 4.78 is 0. The zero-order valence-electron chi connectivity index (χ0n) is 20.5. The van der Waals surface area contributed by atoms with Crippen LogP contribution in [-0.2, 0) is 9.59 Å². The zero-order chi connectivity index (χ0) is 24.4. The second kappa shape index (κ2) is 9.56. The number of hydrogen-bond acceptors (Lipinski definition) is 4. The van der Waals surface area contributed by atoms with E-state index in [9.17, 15) is 9.59 Å². The van der Waals surface area contributed by atoms with Gasteiger partial charge < -0.3 is 9.80 Å². The molecule has 0 fully saturated rings. The smallest absolute Gasteiger partial charge is 0.282 e. The van der Waals surface area contributed by atoms with Gasteiger partial charge in [-0.3, -0.25) is 9.59 Å². The SMILES string of the molecule is CCN(CC)c1ccc(N2C(=O)C(c3ccc(C)c(C)c3)=C(N(C)c3ccccc3)C2=O)cc1. The zero-order valence-corrected chi connectivity index (χ0v) is 20.5. The second-order valence-electron chi connectivity index (χ2n) is 8.55. The lowest BCUT2D eigenvalue weighted by Crippen LogP contribution is -2.34. The number of carbonyl (C=O) groups is 2. The lowest BCUT2D eigenvalue weighted by atomic mass is 9.99. The normalized spacial score (nSPS) is 13.6. The number of imide groups is 1. The standard InChI is InChI=1S/C29H31N3O2/c1-6-31(7-2)24-15-17-25(18-16-24)32-28(33)26(22-14-13-20(3)21(4)19-22)27(29(32)34)30(5)23-11-9-8-10-12-23/h8-19H,6-7H2,1-5H3. The first-order valence-corrected chi connectivity index (χ1v) is 11.7. The summed E-state index contributed by atoms with van der Waals surface area (Å²) in [6.45, 7) is 10.1. The molecule has 0 radical (unpaired) electrons. The molecule has 34 heavy (non-hydrogen) atoms. The predicted octanol–water partition coefficient (Wildman–Crippen LogP) is 5.57. The molecular weight excluding hydrogens is 422 g/mol. The number of aryl methyl sites for hydroxylation is 2. The second-order valence-corrected chi connectivity index (χ2v) is 8.55. The summed E-state index contributed by atoms with van der Waals surface area (Å²) in [4.78, 5) is 32.9. The third-order valence-corrected chi connectivity index (χ3v) is 6.57. The summed E-state index contributed by atoms with van der Waals surface area (Å²) in [5.41, 5.74) is 6.26. The van der Waals surface area contributed by atoms with E-state index in [4.69, 9.17) is 0 Å². The average molecular weight is 454 g/mol. The molecule has 3 aromatic carbocycles. The van der Waals surface area contributed by atoms with Gasteiger partial charge in [-0.2, -0.15) is 0 Å². The van der Waals surface area contributed by atoms with Gasteiger partial charge in [-0.25, -0.2) is 4.90 Å². The molecule has 174 valence electrons. The molecule has 1 aliphatic rings. The summed E-state index contributed by atoms with van der Waals surface area (Å²) >= 11 is 0. The van der Waals surface area contributed by atoms with Crippen LogP contribution < -0.4 is 14.7 Å². The number of rotatable bonds is 7. The van der Waals surface area contributed by atoms with Crippen LogP contribution in [0.5, 0.6) is 0 Å². The average Bonchev–Trinajstić information content (AvgIpc) is 3.12. The van der Waals surface area contributed by atoms with E-state index in [1.54, 1.807) is 0 Å². The minimum absolute atomic E-state index is 0.304. The summed E-state index contributed by atoms with van der Waals surface area (Å²) in [6, 6.07) is 23.2. The van der Waals surface area contributed by atoms with Crippen molar-refractivity contribution in [2.45, 2.75) is 27.7 Å². The molecule has 0 aromatic heterocycles. The largest absolute Gasteiger partial charge is 0.372 e. The number of likely N-dealkylation sites (N-methyl/N-ethyl adjacent to an activating group) is 1. The van der Waals surface area contributed by atoms with E-state index in [-0.39, 0.29) is 11.8 Å². The summed E-state index contributed by atoms with van der Waals surface area (Å²) in [7, 11) is 1.84. The van der Waals surface area contributed by atoms with E-state index in [2.05, 4.69) is 18.7 Å². The van der Waals surface area contributed by atoms with Crippen LogP contribution in [0.3, 0.4) is 0 Å². The minimum Gasteiger partial charge on any atom is -0.372 e. The monoisotopic (exact) mass is 453 g/mol. The Kier molecular flexibility index (Phi) is 6.55. The summed E-state index contributed by atoms with van der Waals surface area (Å²) in [6.07, 6.45) is 0. The first-order chi connectivity index (χ1) is 16.4. The Labute approximate surface area is 201 Å². The number of carbonyl (C=O) groups excluding carboxylic acids is 2. The van der Waals surface area contributed by atoms with Crippen LogP contribution in [0.4, 0.5) is 17.1 Å². The van der Waals surface area contributed by atoms with Gasteiger partial charge in [-0.1, -0.05) is 36.4 Å². The lowest BCUT2D eigenvalue weighted by Gasteiger charge is -2.23. The van der Waals surface area contributed by atoms with Crippen LogP contribution in [0.25, 0.3) is 5.57 Å². The highest BCUT2D eigenvalue weighted by Gasteiger charge is 2.42. The Hall–Kier alpha value is -3.86. The number of para-hydroxylation sites is 1. The van der Waals surface area contributed by atoms with Crippen LogP contribution in [0, 0.1) is 13.8 Å². The molecule has 0 N–H and O–H groups in total. The van der Waals surface area contributed by atoms with Crippen LogP contribution in [-0.4, -0.2) is 32.0 Å². The Morgan fingerprint density at radius 2 is 1.38 bits per heavy atom. The van der Waals surface area contributed by atoms with Crippen molar-refractivity contribution in [1.29, 1.82) is 0 Å². The number of amides is 2. The summed E-state index contributed by atoms with van der Waals surface area (Å²) in [5, 5.41) is 0. The maximum atomic E-state index is 13.8. The minimum atomic E-state index is -0.319. The summed E-state index contributed by atoms with van der Waals surface area (Å²) in [5.74, 6) is -0.623. The first-order valence-electron chi connectivity index (χ1n) is 11.7. The maximum absolute atomic E-state index is 13.8. The van der Waals surface area contributed by atoms with Crippen LogP contribution >= 0.6 is 0 Å². The Bertz CT molecular complexity index is 1240. The topological polar surface area (TPSA) is 43.9 Å². The third kappa shape index (κ3) is 4.10. The molecule has 2 amide bonds. The molecule has 1 heterocycles. The quantitative estimate of drug-likeness (QED) is 0.439. The molecule has 0 saturated carbocycles. The van der Waals surface area contributed by atoms with Crippen molar-refractivity contribution in [3.05, 3.63) is 95.2 Å². The molecular formula is C29H31N3O2. The fourth-order valence-corrected chi connectivity index (χ4v) is 4.40. The van der Waals surface area contributed by atoms with Gasteiger partial charge in [-0.05, 0) is 80.8 Å². The molecule has 3 aromatic rings. The number of anilines is 3. The number of hydrogen-bond donors (Lipinski definition) is 0. The highest BCUT2D eigenvalue weighted by molar-refractivity contribution is 6.46. The van der Waals surface area contributed by atoms with E-state index >= 15 is 0 Å². The Morgan fingerprint density at radius 3 is 1.97 bits per heavy atom. The maximum Gasteiger partial charge on any atom is 0.282 e. The molecule has 0 bridgehead atoms. The highest BCUT2D eigenvalue weighted by atomic mass is 16.2. The van der Waals surface area contributed by atoms with Crippen molar-refractivity contribution in [2.75, 3.05) is 34.8 Å². The van der Waals surface area contributed by atoms with Crippen molar-refractivity contribution in [3.8, 4) is 0 Å². The first kappa shape index (κ1) is 23.3. The van der Waals surface area contributed by atoms with Crippen LogP contribution in [0.15, 0.2) is 78.5 Å². The van der Waals surface area contributed by atoms with Crippen molar-refractivity contribution in [1.82, 2.24) is 0 Å². The van der Waals surface area contributed by atoms with E-state index < -0.39 is 0 Å². The van der Waals surface area contributed by atoms with Crippen LogP contribution in [0.2, 0.25) is 0 Å². The third-order valence-electron chi connectivity index (χ3n) is 6.57. The van der Waals surface area contributed by atoms with Gasteiger partial charge in [0.2, 0.25) is 0 Å². The van der Waals surface area contributed by atoms with Gasteiger partial charge in [0.25, 0.3) is 11.8 Å². The van der Waals surface area contributed by atoms with Gasteiger partial charge in [0, 0.05) is 31.5 Å². The van der Waals surface area contributed by atoms with E-state index in [1.165, 1.54) is 4.90 Å². The van der Waals surface area contributed by atoms with Gasteiger partial charge in [0.1, 0.15) is 5.70 Å². The molecule has 5 heteroatoms. The highest BCUT2D eigenvalue weighted by Crippen LogP contribution is 2.37. The van der Waals surface area contributed by atoms with Gasteiger partial charge in [0.05, 0.1) is 11.3 Å². The van der Waals surface area contributed by atoms with E-state index in [0.29, 0.717) is 17.0 Å². The van der Waals surface area contributed by atoms with Crippen molar-refractivity contribution < 1.29 is 9.59 Å². The predicted molar refractivity (Wildman–Crippen MR) is 140 cm³/mol. The molecule has 0 aliphatic carbocycles. The van der Waals surface area contributed by atoms with Crippen LogP contribution in [0.1, 0.15) is 30.5 Å². The van der Waals surface area contributed by atoms with Gasteiger partial charge in [0.15, 0.2) is 0 Å². The van der Waals surface area contributed by atoms with Crippen molar-refractivity contribution >= 4 is 34.4 Å². The number of nitrogens with zero attached hydrogens (tertiary/aromatic N) is 3. The lowest BCUT2D eigenvalue weighted by molar-refractivity contribution is -0.120. The number of benzene rings is 3. The molecule has 0 spiro atoms. The Balaban J connectivity index is 1.81. The molecule has 1 aliphatic heterocycles. The van der Waals surface area contributed by atoms with Crippen molar-refractivity contribution in [3.63, 3.8) is 0 Å². The molecule has 0 unspecified atom stereocenters. The molecule has 0 saturated heterocycles. The molecule has 4 rings (SSSR count). The van der Waals surface area contributed by atoms with Gasteiger partial charge >= 0.3 is 0 Å². The van der Waals surface area contributed by atoms with E-state index in [0.717, 1.165) is 41.2 Å².